The van der Waals surface area contributed by atoms with Crippen molar-refractivity contribution in [2.45, 2.75) is 38.6 Å². The van der Waals surface area contributed by atoms with Gasteiger partial charge in [0, 0.05) is 10.9 Å². The van der Waals surface area contributed by atoms with Crippen LogP contribution < -0.4 is 10.5 Å². The molecule has 5 rings (SSSR count). The average Bonchev–Trinajstić information content (AvgIpc) is 3.29. The minimum atomic E-state index is -4.83. The zero-order valence-corrected chi connectivity index (χ0v) is 19.2. The van der Waals surface area contributed by atoms with E-state index in [2.05, 4.69) is 14.7 Å². The van der Waals surface area contributed by atoms with E-state index in [-0.39, 0.29) is 35.7 Å². The Balaban J connectivity index is 1.51. The Morgan fingerprint density at radius 3 is 2.69 bits per heavy atom. The number of morpholine rings is 1. The summed E-state index contributed by atoms with van der Waals surface area (Å²) in [6.07, 6.45) is -3.86. The van der Waals surface area contributed by atoms with E-state index in [1.165, 1.54) is 6.07 Å². The number of hydrogen-bond donors (Lipinski definition) is 1. The molecule has 35 heavy (non-hydrogen) atoms. The molecular weight excluding hydrogens is 489 g/mol. The number of nitrogens with zero attached hydrogens (tertiary/aromatic N) is 3. The number of alkyl halides is 3. The molecule has 0 spiro atoms. The number of aromatic nitrogens is 2. The first-order valence-corrected chi connectivity index (χ1v) is 11.1. The van der Waals surface area contributed by atoms with Gasteiger partial charge in [-0.25, -0.2) is 4.98 Å². The zero-order chi connectivity index (χ0) is 24.9. The van der Waals surface area contributed by atoms with Gasteiger partial charge >= 0.3 is 6.36 Å². The molecule has 2 aliphatic heterocycles. The summed E-state index contributed by atoms with van der Waals surface area (Å²) in [4.78, 5) is 23.9. The molecule has 0 saturated carbocycles. The molecular formula is C23H20ClF3N4O4. The van der Waals surface area contributed by atoms with Crippen LogP contribution in [0, 0.1) is 0 Å². The lowest BCUT2D eigenvalue weighted by Crippen LogP contribution is -2.49. The second-order valence-electron chi connectivity index (χ2n) is 8.38. The van der Waals surface area contributed by atoms with Crippen LogP contribution in [-0.4, -0.2) is 46.4 Å². The fraction of sp³-hybridized carbons (Fsp3) is 0.348. The van der Waals surface area contributed by atoms with Gasteiger partial charge in [0.25, 0.3) is 5.91 Å². The molecule has 0 unspecified atom stereocenters. The highest BCUT2D eigenvalue weighted by atomic mass is 35.5. The molecule has 8 nitrogen and oxygen atoms in total. The van der Waals surface area contributed by atoms with Crippen molar-refractivity contribution in [1.29, 1.82) is 0 Å². The third kappa shape index (κ3) is 4.46. The van der Waals surface area contributed by atoms with Crippen LogP contribution in [0.1, 0.15) is 40.1 Å². The minimum absolute atomic E-state index is 0.120. The smallest absolute Gasteiger partial charge is 0.404 e. The number of ether oxygens (including phenoxy) is 3. The number of hydrogen-bond acceptors (Lipinski definition) is 7. The lowest BCUT2D eigenvalue weighted by atomic mass is 10.0. The first-order chi connectivity index (χ1) is 16.6. The number of carbonyl (C=O) groups is 1. The number of pyridine rings is 2. The number of halogens is 4. The molecule has 3 aromatic rings. The lowest BCUT2D eigenvalue weighted by Gasteiger charge is -2.40. The maximum absolute atomic E-state index is 13.8. The van der Waals surface area contributed by atoms with Gasteiger partial charge < -0.3 is 24.8 Å². The summed E-state index contributed by atoms with van der Waals surface area (Å²) in [7, 11) is 0. The predicted molar refractivity (Wildman–Crippen MR) is 120 cm³/mol. The summed E-state index contributed by atoms with van der Waals surface area (Å²) in [5.74, 6) is -0.449. The van der Waals surface area contributed by atoms with Crippen molar-refractivity contribution in [2.75, 3.05) is 18.9 Å². The number of benzene rings is 1. The molecule has 1 fully saturated rings. The Morgan fingerprint density at radius 1 is 1.20 bits per heavy atom. The molecule has 2 aromatic heterocycles. The first-order valence-electron chi connectivity index (χ1n) is 10.7. The highest BCUT2D eigenvalue weighted by Gasteiger charge is 2.37. The number of amides is 1. The van der Waals surface area contributed by atoms with Crippen molar-refractivity contribution < 1.29 is 32.2 Å². The van der Waals surface area contributed by atoms with Crippen molar-refractivity contribution in [3.05, 3.63) is 57.9 Å². The second kappa shape index (κ2) is 8.81. The molecule has 1 saturated heterocycles. The first kappa shape index (κ1) is 23.6. The van der Waals surface area contributed by atoms with Crippen molar-refractivity contribution in [3.63, 3.8) is 0 Å². The van der Waals surface area contributed by atoms with Crippen LogP contribution in [0.15, 0.2) is 30.5 Å². The Kier molecular flexibility index (Phi) is 5.94. The van der Waals surface area contributed by atoms with Crippen molar-refractivity contribution in [2.24, 2.45) is 0 Å². The molecule has 0 radical (unpaired) electrons. The van der Waals surface area contributed by atoms with E-state index in [0.29, 0.717) is 30.2 Å². The van der Waals surface area contributed by atoms with Crippen LogP contribution in [-0.2, 0) is 22.7 Å². The summed E-state index contributed by atoms with van der Waals surface area (Å²) in [5, 5.41) is 0.927. The lowest BCUT2D eigenvalue weighted by molar-refractivity contribution is -0.274. The standard InChI is InChI=1S/C23H20ClF3N4O4/c1-11-7-33-10-20(18-3-2-12(6-29-18)35-23(25,26)27)31(11)22(32)14-4-13-15-8-34-9-16(15)21(28)30-19(13)5-17(14)24/h2-6,11,20H,7-10H2,1H3,(H2,28,30)/t11-,20-/m0/s1. The van der Waals surface area contributed by atoms with E-state index < -0.39 is 18.2 Å². The van der Waals surface area contributed by atoms with E-state index in [9.17, 15) is 18.0 Å². The van der Waals surface area contributed by atoms with E-state index in [0.717, 1.165) is 28.8 Å². The molecule has 2 aliphatic rings. The summed E-state index contributed by atoms with van der Waals surface area (Å²) < 4.78 is 52.6. The van der Waals surface area contributed by atoms with Gasteiger partial charge in [0.2, 0.25) is 0 Å². The molecule has 1 aromatic carbocycles. The van der Waals surface area contributed by atoms with Gasteiger partial charge in [0.05, 0.1) is 66.5 Å². The monoisotopic (exact) mass is 508 g/mol. The molecule has 12 heteroatoms. The van der Waals surface area contributed by atoms with E-state index in [1.54, 1.807) is 17.0 Å². The summed E-state index contributed by atoms with van der Waals surface area (Å²) >= 11 is 6.51. The van der Waals surface area contributed by atoms with Gasteiger partial charge in [-0.05, 0) is 36.8 Å². The molecule has 4 heterocycles. The number of nitrogen functional groups attached to an aromatic ring is 1. The van der Waals surface area contributed by atoms with Crippen LogP contribution in [0.25, 0.3) is 10.9 Å². The van der Waals surface area contributed by atoms with Gasteiger partial charge in [-0.15, -0.1) is 13.2 Å². The Labute approximate surface area is 202 Å². The molecule has 0 aliphatic carbocycles. The molecule has 0 bridgehead atoms. The van der Waals surface area contributed by atoms with Gasteiger partial charge in [-0.3, -0.25) is 9.78 Å². The normalized spacial score (nSPS) is 20.2. The number of rotatable bonds is 3. The number of carbonyl (C=O) groups excluding carboxylic acids is 1. The predicted octanol–water partition coefficient (Wildman–Crippen LogP) is 4.40. The van der Waals surface area contributed by atoms with Crippen molar-refractivity contribution in [3.8, 4) is 5.75 Å². The quantitative estimate of drug-likeness (QED) is 0.560. The fourth-order valence-corrected chi connectivity index (χ4v) is 4.70. The average molecular weight is 509 g/mol. The maximum Gasteiger partial charge on any atom is 0.573 e. The molecule has 1 amide bonds. The van der Waals surface area contributed by atoms with Crippen LogP contribution in [0.3, 0.4) is 0 Å². The number of fused-ring (bicyclic) bond motifs is 3. The SMILES string of the molecule is C[C@H]1COC[C@@H](c2ccc(OC(F)(F)F)cn2)N1C(=O)c1cc2c3c(c(N)nc2cc1Cl)COC3. The zero-order valence-electron chi connectivity index (χ0n) is 18.4. The van der Waals surface area contributed by atoms with Crippen LogP contribution >= 0.6 is 11.6 Å². The summed E-state index contributed by atoms with van der Waals surface area (Å²) in [6, 6.07) is 4.83. The maximum atomic E-state index is 13.8. The summed E-state index contributed by atoms with van der Waals surface area (Å²) in [6.45, 7) is 2.91. The Morgan fingerprint density at radius 2 is 1.97 bits per heavy atom. The van der Waals surface area contributed by atoms with Gasteiger partial charge in [0.15, 0.2) is 0 Å². The van der Waals surface area contributed by atoms with E-state index in [1.807, 2.05) is 6.92 Å². The molecule has 2 N–H and O–H groups in total. The fourth-order valence-electron chi connectivity index (χ4n) is 4.47. The van der Waals surface area contributed by atoms with E-state index in [4.69, 9.17) is 26.8 Å². The Bertz CT molecular complexity index is 1300. The van der Waals surface area contributed by atoms with E-state index >= 15 is 0 Å². The number of anilines is 1. The molecule has 184 valence electrons. The van der Waals surface area contributed by atoms with Crippen LogP contribution in [0.2, 0.25) is 5.02 Å². The molecule has 2 atom stereocenters. The third-order valence-electron chi connectivity index (χ3n) is 6.06. The topological polar surface area (TPSA) is 99.8 Å². The van der Waals surface area contributed by atoms with Gasteiger partial charge in [-0.1, -0.05) is 11.6 Å². The third-order valence-corrected chi connectivity index (χ3v) is 6.37. The Hall–Kier alpha value is -3.15. The minimum Gasteiger partial charge on any atom is -0.404 e. The largest absolute Gasteiger partial charge is 0.573 e. The van der Waals surface area contributed by atoms with Gasteiger partial charge in [-0.2, -0.15) is 0 Å². The van der Waals surface area contributed by atoms with Crippen LogP contribution in [0.5, 0.6) is 5.75 Å². The van der Waals surface area contributed by atoms with Crippen molar-refractivity contribution in [1.82, 2.24) is 14.9 Å². The van der Waals surface area contributed by atoms with Crippen molar-refractivity contribution >= 4 is 34.2 Å². The van der Waals surface area contributed by atoms with Gasteiger partial charge in [0.1, 0.15) is 11.6 Å². The highest BCUT2D eigenvalue weighted by molar-refractivity contribution is 6.34. The van der Waals surface area contributed by atoms with Crippen LogP contribution in [0.4, 0.5) is 19.0 Å². The second-order valence-corrected chi connectivity index (χ2v) is 8.78. The number of nitrogens with two attached hydrogens (primary N) is 1. The summed E-state index contributed by atoms with van der Waals surface area (Å²) in [5.41, 5.74) is 8.88. The highest BCUT2D eigenvalue weighted by Crippen LogP contribution is 2.36.